The zero-order valence-corrected chi connectivity index (χ0v) is 10.8. The van der Waals surface area contributed by atoms with Crippen LogP contribution < -0.4 is 0 Å². The van der Waals surface area contributed by atoms with Gasteiger partial charge in [0.05, 0.1) is 5.56 Å². The zero-order valence-electron chi connectivity index (χ0n) is 10.8. The fourth-order valence-corrected chi connectivity index (χ4v) is 2.03. The SMILES string of the molecule is Cc1ccc(-c2nnc3ccc(C#N)cn23)cc1C. The summed E-state index contributed by atoms with van der Waals surface area (Å²) in [5.41, 5.74) is 4.80. The van der Waals surface area contributed by atoms with Gasteiger partial charge in [0.25, 0.3) is 0 Å². The summed E-state index contributed by atoms with van der Waals surface area (Å²) < 4.78 is 1.85. The van der Waals surface area contributed by atoms with Gasteiger partial charge in [-0.3, -0.25) is 4.40 Å². The van der Waals surface area contributed by atoms with Gasteiger partial charge in [-0.25, -0.2) is 0 Å². The number of aromatic nitrogens is 3. The molecule has 3 aromatic rings. The lowest BCUT2D eigenvalue weighted by Gasteiger charge is -2.04. The molecule has 0 saturated carbocycles. The highest BCUT2D eigenvalue weighted by atomic mass is 15.2. The van der Waals surface area contributed by atoms with E-state index in [4.69, 9.17) is 5.26 Å². The topological polar surface area (TPSA) is 54.0 Å². The zero-order chi connectivity index (χ0) is 13.4. The number of benzene rings is 1. The molecule has 0 saturated heterocycles. The van der Waals surface area contributed by atoms with Gasteiger partial charge in [0.2, 0.25) is 0 Å². The van der Waals surface area contributed by atoms with E-state index in [2.05, 4.69) is 42.2 Å². The molecule has 0 unspecified atom stereocenters. The Bertz CT molecular complexity index is 809. The third-order valence-corrected chi connectivity index (χ3v) is 3.30. The van der Waals surface area contributed by atoms with Crippen LogP contribution in [0, 0.1) is 25.2 Å². The second-order valence-corrected chi connectivity index (χ2v) is 4.58. The van der Waals surface area contributed by atoms with Gasteiger partial charge in [-0.05, 0) is 43.2 Å². The van der Waals surface area contributed by atoms with Crippen LogP contribution in [0.4, 0.5) is 0 Å². The van der Waals surface area contributed by atoms with E-state index in [9.17, 15) is 0 Å². The minimum atomic E-state index is 0.595. The minimum absolute atomic E-state index is 0.595. The molecule has 0 aliphatic heterocycles. The summed E-state index contributed by atoms with van der Waals surface area (Å²) in [6.45, 7) is 4.15. The molecule has 2 heterocycles. The van der Waals surface area contributed by atoms with Gasteiger partial charge in [0, 0.05) is 11.8 Å². The number of fused-ring (bicyclic) bond motifs is 1. The molecular formula is C15H12N4. The van der Waals surface area contributed by atoms with Gasteiger partial charge in [0.15, 0.2) is 11.5 Å². The van der Waals surface area contributed by atoms with Crippen LogP contribution in [0.2, 0.25) is 0 Å². The molecular weight excluding hydrogens is 236 g/mol. The third-order valence-electron chi connectivity index (χ3n) is 3.30. The number of hydrogen-bond acceptors (Lipinski definition) is 3. The van der Waals surface area contributed by atoms with Crippen molar-refractivity contribution >= 4 is 5.65 Å². The van der Waals surface area contributed by atoms with Crippen molar-refractivity contribution in [3.63, 3.8) is 0 Å². The molecule has 4 heteroatoms. The molecule has 0 atom stereocenters. The Labute approximate surface area is 111 Å². The predicted octanol–water partition coefficient (Wildman–Crippen LogP) is 2.88. The van der Waals surface area contributed by atoms with Crippen LogP contribution in [0.3, 0.4) is 0 Å². The number of aryl methyl sites for hydroxylation is 2. The van der Waals surface area contributed by atoms with Crippen molar-refractivity contribution in [3.8, 4) is 17.5 Å². The number of nitriles is 1. The van der Waals surface area contributed by atoms with Crippen LogP contribution >= 0.6 is 0 Å². The minimum Gasteiger partial charge on any atom is -0.281 e. The maximum atomic E-state index is 8.97. The van der Waals surface area contributed by atoms with Crippen LogP contribution in [-0.4, -0.2) is 14.6 Å². The van der Waals surface area contributed by atoms with Crippen molar-refractivity contribution < 1.29 is 0 Å². The predicted molar refractivity (Wildman–Crippen MR) is 72.6 cm³/mol. The van der Waals surface area contributed by atoms with Gasteiger partial charge < -0.3 is 0 Å². The van der Waals surface area contributed by atoms with E-state index in [1.54, 1.807) is 18.3 Å². The largest absolute Gasteiger partial charge is 0.281 e. The second kappa shape index (κ2) is 4.21. The Morgan fingerprint density at radius 3 is 2.63 bits per heavy atom. The summed E-state index contributed by atoms with van der Waals surface area (Å²) >= 11 is 0. The first-order chi connectivity index (χ1) is 9.19. The van der Waals surface area contributed by atoms with Crippen molar-refractivity contribution in [1.29, 1.82) is 5.26 Å². The molecule has 4 nitrogen and oxygen atoms in total. The molecule has 92 valence electrons. The Hall–Kier alpha value is -2.67. The molecule has 0 radical (unpaired) electrons. The summed E-state index contributed by atoms with van der Waals surface area (Å²) in [5, 5.41) is 17.3. The standard InChI is InChI=1S/C15H12N4/c1-10-3-5-13(7-11(10)2)15-18-17-14-6-4-12(8-16)9-19(14)15/h3-7,9H,1-2H3. The van der Waals surface area contributed by atoms with Crippen LogP contribution in [0.25, 0.3) is 17.0 Å². The lowest BCUT2D eigenvalue weighted by molar-refractivity contribution is 1.11. The molecule has 0 aliphatic rings. The molecule has 0 N–H and O–H groups in total. The Kier molecular flexibility index (Phi) is 2.53. The molecule has 0 bridgehead atoms. The van der Waals surface area contributed by atoms with Gasteiger partial charge in [-0.1, -0.05) is 12.1 Å². The lowest BCUT2D eigenvalue weighted by atomic mass is 10.1. The van der Waals surface area contributed by atoms with E-state index in [1.807, 2.05) is 10.5 Å². The molecule has 19 heavy (non-hydrogen) atoms. The first-order valence-corrected chi connectivity index (χ1v) is 6.01. The van der Waals surface area contributed by atoms with Crippen molar-refractivity contribution in [1.82, 2.24) is 14.6 Å². The fourth-order valence-electron chi connectivity index (χ4n) is 2.03. The van der Waals surface area contributed by atoms with E-state index < -0.39 is 0 Å². The van der Waals surface area contributed by atoms with Gasteiger partial charge in [-0.2, -0.15) is 5.26 Å². The van der Waals surface area contributed by atoms with E-state index in [-0.39, 0.29) is 0 Å². The quantitative estimate of drug-likeness (QED) is 0.665. The average molecular weight is 248 g/mol. The van der Waals surface area contributed by atoms with Crippen molar-refractivity contribution in [2.45, 2.75) is 13.8 Å². The number of rotatable bonds is 1. The highest BCUT2D eigenvalue weighted by molar-refractivity contribution is 5.61. The molecule has 3 rings (SSSR count). The molecule has 0 spiro atoms. The van der Waals surface area contributed by atoms with E-state index in [0.717, 1.165) is 17.0 Å². The normalized spacial score (nSPS) is 10.6. The highest BCUT2D eigenvalue weighted by Gasteiger charge is 2.09. The Morgan fingerprint density at radius 1 is 1.05 bits per heavy atom. The van der Waals surface area contributed by atoms with E-state index in [1.165, 1.54) is 11.1 Å². The maximum Gasteiger partial charge on any atom is 0.168 e. The number of nitrogens with zero attached hydrogens (tertiary/aromatic N) is 4. The Morgan fingerprint density at radius 2 is 1.89 bits per heavy atom. The maximum absolute atomic E-state index is 8.97. The first-order valence-electron chi connectivity index (χ1n) is 6.01. The van der Waals surface area contributed by atoms with Crippen molar-refractivity contribution in [3.05, 3.63) is 53.2 Å². The first kappa shape index (κ1) is 11.4. The summed E-state index contributed by atoms with van der Waals surface area (Å²) in [6, 6.07) is 11.9. The number of hydrogen-bond donors (Lipinski definition) is 0. The summed E-state index contributed by atoms with van der Waals surface area (Å²) in [4.78, 5) is 0. The van der Waals surface area contributed by atoms with Crippen LogP contribution in [0.15, 0.2) is 36.5 Å². The summed E-state index contributed by atoms with van der Waals surface area (Å²) in [6.07, 6.45) is 1.76. The van der Waals surface area contributed by atoms with Gasteiger partial charge >= 0.3 is 0 Å². The van der Waals surface area contributed by atoms with Crippen LogP contribution in [-0.2, 0) is 0 Å². The molecule has 2 aromatic heterocycles. The molecule has 0 amide bonds. The highest BCUT2D eigenvalue weighted by Crippen LogP contribution is 2.21. The Balaban J connectivity index is 2.24. The smallest absolute Gasteiger partial charge is 0.168 e. The van der Waals surface area contributed by atoms with Crippen LogP contribution in [0.1, 0.15) is 16.7 Å². The summed E-state index contributed by atoms with van der Waals surface area (Å²) in [5.74, 6) is 0.759. The van der Waals surface area contributed by atoms with Gasteiger partial charge in [-0.15, -0.1) is 10.2 Å². The van der Waals surface area contributed by atoms with E-state index >= 15 is 0 Å². The monoisotopic (exact) mass is 248 g/mol. The van der Waals surface area contributed by atoms with Crippen LogP contribution in [0.5, 0.6) is 0 Å². The lowest BCUT2D eigenvalue weighted by Crippen LogP contribution is -1.92. The molecule has 0 aliphatic carbocycles. The third kappa shape index (κ3) is 1.85. The number of pyridine rings is 1. The summed E-state index contributed by atoms with van der Waals surface area (Å²) in [7, 11) is 0. The fraction of sp³-hybridized carbons (Fsp3) is 0.133. The average Bonchev–Trinajstić information content (AvgIpc) is 2.84. The molecule has 0 fully saturated rings. The van der Waals surface area contributed by atoms with Crippen molar-refractivity contribution in [2.24, 2.45) is 0 Å². The van der Waals surface area contributed by atoms with Crippen molar-refractivity contribution in [2.75, 3.05) is 0 Å². The second-order valence-electron chi connectivity index (χ2n) is 4.58. The van der Waals surface area contributed by atoms with E-state index in [0.29, 0.717) is 5.56 Å². The molecule has 1 aromatic carbocycles. The van der Waals surface area contributed by atoms with Gasteiger partial charge in [0.1, 0.15) is 6.07 Å².